The molecule has 0 unspecified atom stereocenters. The quantitative estimate of drug-likeness (QED) is 0.824. The highest BCUT2D eigenvalue weighted by Crippen LogP contribution is 2.29. The summed E-state index contributed by atoms with van der Waals surface area (Å²) in [5.41, 5.74) is 1.07. The highest BCUT2D eigenvalue weighted by Gasteiger charge is 2.27. The number of anilines is 2. The van der Waals surface area contributed by atoms with Gasteiger partial charge in [-0.1, -0.05) is 11.6 Å². The minimum atomic E-state index is -4.23. The summed E-state index contributed by atoms with van der Waals surface area (Å²) in [4.78, 5) is 7.36. The minimum Gasteiger partial charge on any atom is -0.368 e. The fourth-order valence-corrected chi connectivity index (χ4v) is 1.43. The summed E-state index contributed by atoms with van der Waals surface area (Å²) in [5.74, 6) is 0.108. The first-order valence-electron chi connectivity index (χ1n) is 4.11. The number of rotatable bonds is 4. The molecule has 0 atom stereocenters. The van der Waals surface area contributed by atoms with Gasteiger partial charge in [0.25, 0.3) is 0 Å². The van der Waals surface area contributed by atoms with Gasteiger partial charge >= 0.3 is 5.51 Å². The number of nitrogen functional groups attached to an aromatic ring is 1. The Morgan fingerprint density at radius 2 is 2.19 bits per heavy atom. The first-order valence-corrected chi connectivity index (χ1v) is 5.47. The molecule has 0 aliphatic carbocycles. The van der Waals surface area contributed by atoms with Crippen molar-refractivity contribution < 1.29 is 13.2 Å². The number of nitrogens with one attached hydrogen (secondary N) is 1. The predicted molar refractivity (Wildman–Crippen MR) is 58.5 cm³/mol. The van der Waals surface area contributed by atoms with Gasteiger partial charge < -0.3 is 11.1 Å². The van der Waals surface area contributed by atoms with Crippen LogP contribution in [0.5, 0.6) is 0 Å². The molecule has 4 nitrogen and oxygen atoms in total. The van der Waals surface area contributed by atoms with Gasteiger partial charge in [-0.2, -0.15) is 18.2 Å². The van der Waals surface area contributed by atoms with Crippen LogP contribution in [0, 0.1) is 0 Å². The highest BCUT2D eigenvalue weighted by atomic mass is 35.5. The first-order chi connectivity index (χ1) is 7.38. The average Bonchev–Trinajstić information content (AvgIpc) is 2.16. The Balaban J connectivity index is 2.40. The number of alkyl halides is 3. The van der Waals surface area contributed by atoms with E-state index in [9.17, 15) is 13.2 Å². The van der Waals surface area contributed by atoms with Crippen LogP contribution in [0.3, 0.4) is 0 Å². The van der Waals surface area contributed by atoms with Crippen LogP contribution in [0.4, 0.5) is 24.9 Å². The molecule has 0 aliphatic heterocycles. The fourth-order valence-electron chi connectivity index (χ4n) is 0.841. The number of nitrogens with zero attached hydrogens (tertiary/aromatic N) is 2. The Bertz CT molecular complexity index is 360. The van der Waals surface area contributed by atoms with Crippen molar-refractivity contribution in [2.75, 3.05) is 23.3 Å². The highest BCUT2D eigenvalue weighted by molar-refractivity contribution is 8.00. The van der Waals surface area contributed by atoms with E-state index < -0.39 is 5.51 Å². The molecule has 1 aromatic rings. The lowest BCUT2D eigenvalue weighted by Gasteiger charge is -2.08. The first kappa shape index (κ1) is 13.2. The number of hydrogen-bond donors (Lipinski definition) is 2. The van der Waals surface area contributed by atoms with E-state index in [1.807, 2.05) is 0 Å². The van der Waals surface area contributed by atoms with Gasteiger partial charge in [0, 0.05) is 12.3 Å². The van der Waals surface area contributed by atoms with Gasteiger partial charge in [-0.3, -0.25) is 0 Å². The standard InChI is InChI=1S/C7H8ClF3N4S/c8-4-3-14-6(12)15-5(4)13-1-2-16-7(9,10)11/h3H,1-2H2,(H3,12,13,14,15). The third-order valence-corrected chi connectivity index (χ3v) is 2.44. The molecule has 1 heterocycles. The SMILES string of the molecule is Nc1ncc(Cl)c(NCCSC(F)(F)F)n1. The fraction of sp³-hybridized carbons (Fsp3) is 0.429. The number of nitrogens with two attached hydrogens (primary N) is 1. The lowest BCUT2D eigenvalue weighted by molar-refractivity contribution is -0.0327. The Kier molecular flexibility index (Phi) is 4.48. The Labute approximate surface area is 98.8 Å². The van der Waals surface area contributed by atoms with Crippen LogP contribution < -0.4 is 11.1 Å². The van der Waals surface area contributed by atoms with Crippen LogP contribution in [0.2, 0.25) is 5.02 Å². The molecule has 0 aliphatic rings. The summed E-state index contributed by atoms with van der Waals surface area (Å²) in [7, 11) is 0. The zero-order chi connectivity index (χ0) is 12.2. The second-order valence-corrected chi connectivity index (χ2v) is 4.21. The summed E-state index contributed by atoms with van der Waals surface area (Å²) in [6.07, 6.45) is 1.28. The van der Waals surface area contributed by atoms with E-state index in [1.54, 1.807) is 0 Å². The average molecular weight is 273 g/mol. The molecule has 0 fully saturated rings. The smallest absolute Gasteiger partial charge is 0.368 e. The molecular weight excluding hydrogens is 265 g/mol. The molecule has 16 heavy (non-hydrogen) atoms. The number of halogens is 4. The Morgan fingerprint density at radius 3 is 2.81 bits per heavy atom. The van der Waals surface area contributed by atoms with Gasteiger partial charge in [0.05, 0.1) is 6.20 Å². The molecule has 0 aromatic carbocycles. The molecule has 1 aromatic heterocycles. The molecular formula is C7H8ClF3N4S. The normalized spacial score (nSPS) is 11.5. The molecule has 9 heteroatoms. The van der Waals surface area contributed by atoms with E-state index in [0.717, 1.165) is 0 Å². The lowest BCUT2D eigenvalue weighted by atomic mass is 10.5. The van der Waals surface area contributed by atoms with E-state index in [4.69, 9.17) is 17.3 Å². The molecule has 0 amide bonds. The number of hydrogen-bond acceptors (Lipinski definition) is 5. The molecule has 0 spiro atoms. The van der Waals surface area contributed by atoms with E-state index in [1.165, 1.54) is 6.20 Å². The molecule has 0 bridgehead atoms. The van der Waals surface area contributed by atoms with Gasteiger partial charge in [0.2, 0.25) is 5.95 Å². The van der Waals surface area contributed by atoms with E-state index >= 15 is 0 Å². The third-order valence-electron chi connectivity index (χ3n) is 1.42. The largest absolute Gasteiger partial charge is 0.441 e. The second-order valence-electron chi connectivity index (χ2n) is 2.65. The van der Waals surface area contributed by atoms with Gasteiger partial charge in [-0.25, -0.2) is 4.98 Å². The zero-order valence-corrected chi connectivity index (χ0v) is 9.46. The van der Waals surface area contributed by atoms with Crippen molar-refractivity contribution in [3.8, 4) is 0 Å². The summed E-state index contributed by atoms with van der Waals surface area (Å²) in [5, 5.41) is 2.86. The number of thioether (sulfide) groups is 1. The van der Waals surface area contributed by atoms with Crippen LogP contribution in [-0.4, -0.2) is 27.8 Å². The lowest BCUT2D eigenvalue weighted by Crippen LogP contribution is -2.11. The van der Waals surface area contributed by atoms with Crippen LogP contribution in [0.15, 0.2) is 6.20 Å². The molecule has 0 radical (unpaired) electrons. The van der Waals surface area contributed by atoms with Gasteiger partial charge in [-0.15, -0.1) is 0 Å². The zero-order valence-electron chi connectivity index (χ0n) is 7.88. The van der Waals surface area contributed by atoms with Crippen molar-refractivity contribution in [3.05, 3.63) is 11.2 Å². The minimum absolute atomic E-state index is 0.00961. The van der Waals surface area contributed by atoms with Crippen molar-refractivity contribution in [2.24, 2.45) is 0 Å². The summed E-state index contributed by atoms with van der Waals surface area (Å²) < 4.78 is 35.4. The predicted octanol–water partition coefficient (Wildman–Crippen LogP) is 2.38. The molecule has 0 saturated heterocycles. The van der Waals surface area contributed by atoms with Crippen LogP contribution in [-0.2, 0) is 0 Å². The second kappa shape index (κ2) is 5.44. The van der Waals surface area contributed by atoms with Gasteiger partial charge in [-0.05, 0) is 11.8 Å². The van der Waals surface area contributed by atoms with Crippen LogP contribution in [0.1, 0.15) is 0 Å². The summed E-state index contributed by atoms with van der Waals surface area (Å²) in [6.45, 7) is 0.0837. The van der Waals surface area contributed by atoms with Crippen molar-refractivity contribution in [2.45, 2.75) is 5.51 Å². The summed E-state index contributed by atoms with van der Waals surface area (Å²) in [6, 6.07) is 0. The van der Waals surface area contributed by atoms with Gasteiger partial charge in [0.15, 0.2) is 5.82 Å². The van der Waals surface area contributed by atoms with E-state index in [0.29, 0.717) is 0 Å². The topological polar surface area (TPSA) is 63.8 Å². The number of aromatic nitrogens is 2. The van der Waals surface area contributed by atoms with E-state index in [-0.39, 0.29) is 40.8 Å². The van der Waals surface area contributed by atoms with Crippen molar-refractivity contribution >= 4 is 35.1 Å². The monoisotopic (exact) mass is 272 g/mol. The third kappa shape index (κ3) is 4.75. The maximum Gasteiger partial charge on any atom is 0.441 e. The van der Waals surface area contributed by atoms with Crippen molar-refractivity contribution in [1.82, 2.24) is 9.97 Å². The summed E-state index contributed by atoms with van der Waals surface area (Å²) >= 11 is 5.58. The van der Waals surface area contributed by atoms with Crippen LogP contribution in [0.25, 0.3) is 0 Å². The van der Waals surface area contributed by atoms with E-state index in [2.05, 4.69) is 15.3 Å². The molecule has 3 N–H and O–H groups in total. The Morgan fingerprint density at radius 1 is 1.50 bits per heavy atom. The molecule has 90 valence electrons. The molecule has 0 saturated carbocycles. The van der Waals surface area contributed by atoms with Crippen LogP contribution >= 0.6 is 23.4 Å². The Hall–Kier alpha value is -0.890. The maximum atomic E-state index is 11.8. The molecule has 1 rings (SSSR count). The van der Waals surface area contributed by atoms with Crippen molar-refractivity contribution in [1.29, 1.82) is 0 Å². The van der Waals surface area contributed by atoms with Gasteiger partial charge in [0.1, 0.15) is 5.02 Å². The van der Waals surface area contributed by atoms with Crippen molar-refractivity contribution in [3.63, 3.8) is 0 Å². The maximum absolute atomic E-state index is 11.8.